The van der Waals surface area contributed by atoms with Crippen LogP contribution in [0.25, 0.3) is 0 Å². The van der Waals surface area contributed by atoms with Crippen molar-refractivity contribution in [1.29, 1.82) is 0 Å². The minimum Gasteiger partial charge on any atom is -0.497 e. The first-order valence-corrected chi connectivity index (χ1v) is 7.25. The number of ether oxygens (including phenoxy) is 1. The Labute approximate surface area is 121 Å². The molecule has 0 radical (unpaired) electrons. The van der Waals surface area contributed by atoms with E-state index in [0.717, 1.165) is 30.8 Å². The topological polar surface area (TPSA) is 41.6 Å². The van der Waals surface area contributed by atoms with Gasteiger partial charge in [0.1, 0.15) is 5.75 Å². The van der Waals surface area contributed by atoms with Crippen LogP contribution >= 0.6 is 0 Å². The number of aryl methyl sites for hydroxylation is 1. The molecule has 1 aromatic rings. The smallest absolute Gasteiger partial charge is 0.223 e. The standard InChI is InChI=1S/C16H24N2O2/c1-12-10-18(11-13(2)17-12)16(19)8-7-14-5-4-6-15(9-14)20-3/h4-6,9,12-13,17H,7-8,10-11H2,1-3H3/t12-,13-/m1/s1. The maximum Gasteiger partial charge on any atom is 0.223 e. The molecule has 0 bridgehead atoms. The molecule has 1 N–H and O–H groups in total. The highest BCUT2D eigenvalue weighted by Crippen LogP contribution is 2.15. The molecule has 0 spiro atoms. The molecule has 1 aromatic carbocycles. The summed E-state index contributed by atoms with van der Waals surface area (Å²) in [6.45, 7) is 5.86. The molecule has 4 heteroatoms. The van der Waals surface area contributed by atoms with Gasteiger partial charge in [0.05, 0.1) is 7.11 Å². The zero-order valence-electron chi connectivity index (χ0n) is 12.6. The SMILES string of the molecule is COc1cccc(CCC(=O)N2C[C@@H](C)N[C@H](C)C2)c1. The molecule has 1 saturated heterocycles. The molecule has 110 valence electrons. The molecule has 1 aliphatic heterocycles. The van der Waals surface area contributed by atoms with E-state index in [2.05, 4.69) is 19.2 Å². The molecule has 0 unspecified atom stereocenters. The van der Waals surface area contributed by atoms with Crippen LogP contribution < -0.4 is 10.1 Å². The fourth-order valence-corrected chi connectivity index (χ4v) is 2.77. The van der Waals surface area contributed by atoms with Gasteiger partial charge >= 0.3 is 0 Å². The summed E-state index contributed by atoms with van der Waals surface area (Å²) in [4.78, 5) is 14.3. The third-order valence-electron chi connectivity index (χ3n) is 3.67. The van der Waals surface area contributed by atoms with Crippen LogP contribution in [0.1, 0.15) is 25.8 Å². The summed E-state index contributed by atoms with van der Waals surface area (Å²) in [7, 11) is 1.66. The first-order valence-electron chi connectivity index (χ1n) is 7.25. The Hall–Kier alpha value is -1.55. The van der Waals surface area contributed by atoms with E-state index < -0.39 is 0 Å². The summed E-state index contributed by atoms with van der Waals surface area (Å²) in [5.41, 5.74) is 1.15. The van der Waals surface area contributed by atoms with E-state index in [0.29, 0.717) is 18.5 Å². The van der Waals surface area contributed by atoms with Crippen molar-refractivity contribution in [2.24, 2.45) is 0 Å². The van der Waals surface area contributed by atoms with Crippen molar-refractivity contribution < 1.29 is 9.53 Å². The number of piperazine rings is 1. The second kappa shape index (κ2) is 6.75. The van der Waals surface area contributed by atoms with Crippen LogP contribution in [-0.2, 0) is 11.2 Å². The van der Waals surface area contributed by atoms with Crippen LogP contribution in [-0.4, -0.2) is 43.1 Å². The van der Waals surface area contributed by atoms with Gasteiger partial charge in [-0.25, -0.2) is 0 Å². The summed E-state index contributed by atoms with van der Waals surface area (Å²) in [5, 5.41) is 3.44. The van der Waals surface area contributed by atoms with E-state index in [4.69, 9.17) is 4.74 Å². The zero-order chi connectivity index (χ0) is 14.5. The molecule has 1 heterocycles. The largest absolute Gasteiger partial charge is 0.497 e. The number of amides is 1. The molecule has 0 aromatic heterocycles. The summed E-state index contributed by atoms with van der Waals surface area (Å²) >= 11 is 0. The van der Waals surface area contributed by atoms with Gasteiger partial charge in [0.2, 0.25) is 5.91 Å². The lowest BCUT2D eigenvalue weighted by atomic mass is 10.1. The average molecular weight is 276 g/mol. The Morgan fingerprint density at radius 3 is 2.70 bits per heavy atom. The molecule has 0 aliphatic carbocycles. The highest BCUT2D eigenvalue weighted by molar-refractivity contribution is 5.76. The number of carbonyl (C=O) groups is 1. The predicted octanol–water partition coefficient (Wildman–Crippen LogP) is 1.84. The Morgan fingerprint density at radius 2 is 2.05 bits per heavy atom. The van der Waals surface area contributed by atoms with Crippen molar-refractivity contribution in [3.63, 3.8) is 0 Å². The van der Waals surface area contributed by atoms with Crippen LogP contribution in [0.3, 0.4) is 0 Å². The van der Waals surface area contributed by atoms with Gasteiger partial charge < -0.3 is 15.0 Å². The zero-order valence-corrected chi connectivity index (χ0v) is 12.6. The van der Waals surface area contributed by atoms with Gasteiger partial charge in [-0.3, -0.25) is 4.79 Å². The first kappa shape index (κ1) is 14.9. The minimum atomic E-state index is 0.244. The van der Waals surface area contributed by atoms with E-state index >= 15 is 0 Å². The van der Waals surface area contributed by atoms with Gasteiger partial charge in [-0.05, 0) is 38.0 Å². The van der Waals surface area contributed by atoms with E-state index in [9.17, 15) is 4.79 Å². The fourth-order valence-electron chi connectivity index (χ4n) is 2.77. The quantitative estimate of drug-likeness (QED) is 0.912. The van der Waals surface area contributed by atoms with E-state index in [1.165, 1.54) is 0 Å². The number of benzene rings is 1. The summed E-state index contributed by atoms with van der Waals surface area (Å²) in [6, 6.07) is 8.67. The van der Waals surface area contributed by atoms with Crippen molar-refractivity contribution in [2.75, 3.05) is 20.2 Å². The Balaban J connectivity index is 1.88. The van der Waals surface area contributed by atoms with Crippen LogP contribution in [0.15, 0.2) is 24.3 Å². The summed E-state index contributed by atoms with van der Waals surface area (Å²) in [6.07, 6.45) is 1.33. The summed E-state index contributed by atoms with van der Waals surface area (Å²) in [5.74, 6) is 1.09. The maximum absolute atomic E-state index is 12.3. The van der Waals surface area contributed by atoms with Gasteiger partial charge in [-0.1, -0.05) is 12.1 Å². The second-order valence-electron chi connectivity index (χ2n) is 5.62. The van der Waals surface area contributed by atoms with Gasteiger partial charge in [0.25, 0.3) is 0 Å². The minimum absolute atomic E-state index is 0.244. The van der Waals surface area contributed by atoms with Gasteiger partial charge in [-0.2, -0.15) is 0 Å². The lowest BCUT2D eigenvalue weighted by Crippen LogP contribution is -2.55. The van der Waals surface area contributed by atoms with Crippen LogP contribution in [0.2, 0.25) is 0 Å². The molecular formula is C16H24N2O2. The monoisotopic (exact) mass is 276 g/mol. The number of hydrogen-bond acceptors (Lipinski definition) is 3. The second-order valence-corrected chi connectivity index (χ2v) is 5.62. The fraction of sp³-hybridized carbons (Fsp3) is 0.562. The third-order valence-corrected chi connectivity index (χ3v) is 3.67. The lowest BCUT2D eigenvalue weighted by Gasteiger charge is -2.36. The van der Waals surface area contributed by atoms with E-state index in [1.54, 1.807) is 7.11 Å². The number of nitrogens with zero attached hydrogens (tertiary/aromatic N) is 1. The Morgan fingerprint density at radius 1 is 1.35 bits per heavy atom. The molecule has 2 atom stereocenters. The number of nitrogens with one attached hydrogen (secondary N) is 1. The Kier molecular flexibility index (Phi) is 5.01. The van der Waals surface area contributed by atoms with Crippen molar-refractivity contribution in [3.8, 4) is 5.75 Å². The molecule has 0 saturated carbocycles. The first-order chi connectivity index (χ1) is 9.58. The molecule has 20 heavy (non-hydrogen) atoms. The molecular weight excluding hydrogens is 252 g/mol. The van der Waals surface area contributed by atoms with Gasteiger partial charge in [0, 0.05) is 31.6 Å². The Bertz CT molecular complexity index is 452. The number of carbonyl (C=O) groups excluding carboxylic acids is 1. The molecule has 4 nitrogen and oxygen atoms in total. The van der Waals surface area contributed by atoms with Crippen molar-refractivity contribution in [1.82, 2.24) is 10.2 Å². The molecule has 1 fully saturated rings. The summed E-state index contributed by atoms with van der Waals surface area (Å²) < 4.78 is 5.20. The van der Waals surface area contributed by atoms with Gasteiger partial charge in [0.15, 0.2) is 0 Å². The van der Waals surface area contributed by atoms with Crippen LogP contribution in [0.5, 0.6) is 5.75 Å². The van der Waals surface area contributed by atoms with E-state index in [1.807, 2.05) is 29.2 Å². The van der Waals surface area contributed by atoms with Crippen LogP contribution in [0, 0.1) is 0 Å². The van der Waals surface area contributed by atoms with Gasteiger partial charge in [-0.15, -0.1) is 0 Å². The molecule has 1 amide bonds. The molecule has 1 aliphatic rings. The van der Waals surface area contributed by atoms with Crippen molar-refractivity contribution in [3.05, 3.63) is 29.8 Å². The third kappa shape index (κ3) is 3.97. The predicted molar refractivity (Wildman–Crippen MR) is 80.0 cm³/mol. The average Bonchev–Trinajstić information content (AvgIpc) is 2.44. The highest BCUT2D eigenvalue weighted by Gasteiger charge is 2.24. The van der Waals surface area contributed by atoms with Crippen LogP contribution in [0.4, 0.5) is 0 Å². The maximum atomic E-state index is 12.3. The van der Waals surface area contributed by atoms with Crippen molar-refractivity contribution >= 4 is 5.91 Å². The number of hydrogen-bond donors (Lipinski definition) is 1. The normalized spacial score (nSPS) is 22.6. The lowest BCUT2D eigenvalue weighted by molar-refractivity contribution is -0.132. The molecule has 2 rings (SSSR count). The van der Waals surface area contributed by atoms with Crippen molar-refractivity contribution in [2.45, 2.75) is 38.8 Å². The highest BCUT2D eigenvalue weighted by atomic mass is 16.5. The van der Waals surface area contributed by atoms with E-state index in [-0.39, 0.29) is 5.91 Å². The number of methoxy groups -OCH3 is 1. The number of rotatable bonds is 4.